The molecule has 1 aromatic rings. The molecule has 2 saturated heterocycles. The van der Waals surface area contributed by atoms with Crippen molar-refractivity contribution in [3.63, 3.8) is 0 Å². The zero-order chi connectivity index (χ0) is 15.5. The van der Waals surface area contributed by atoms with E-state index in [4.69, 9.17) is 14.7 Å². The van der Waals surface area contributed by atoms with Gasteiger partial charge in [0, 0.05) is 18.0 Å². The van der Waals surface area contributed by atoms with Crippen molar-refractivity contribution in [3.05, 3.63) is 48.0 Å². The average molecular weight is 298 g/mol. The molecule has 0 aromatic heterocycles. The number of fused-ring (bicyclic) bond motifs is 1. The average Bonchev–Trinajstić information content (AvgIpc) is 3.15. The number of benzene rings is 1. The minimum Gasteiger partial charge on any atom is -0.379 e. The standard InChI is InChI=1S/C17H18N2O3/c1-2-6-22-16-9-19(15-11-21-10-14(15)16)17(20)13-5-3-4-12(7-13)8-18/h2-5,7,14-16H,1,6,9-11H2/t14-,15+,16-/m0/s1. The number of nitriles is 1. The number of carbonyl (C=O) groups is 1. The molecule has 22 heavy (non-hydrogen) atoms. The monoisotopic (exact) mass is 298 g/mol. The van der Waals surface area contributed by atoms with Gasteiger partial charge in [-0.1, -0.05) is 12.1 Å². The van der Waals surface area contributed by atoms with E-state index in [0.717, 1.165) is 0 Å². The Morgan fingerprint density at radius 3 is 3.18 bits per heavy atom. The zero-order valence-corrected chi connectivity index (χ0v) is 12.3. The molecule has 0 N–H and O–H groups in total. The molecule has 3 rings (SSSR count). The van der Waals surface area contributed by atoms with Gasteiger partial charge in [-0.15, -0.1) is 6.58 Å². The second-order valence-corrected chi connectivity index (χ2v) is 5.58. The first-order valence-electron chi connectivity index (χ1n) is 7.36. The highest BCUT2D eigenvalue weighted by Gasteiger charge is 2.47. The predicted octanol–water partition coefficient (Wildman–Crippen LogP) is 1.60. The van der Waals surface area contributed by atoms with Gasteiger partial charge in [0.15, 0.2) is 0 Å². The normalized spacial score (nSPS) is 26.5. The zero-order valence-electron chi connectivity index (χ0n) is 12.3. The number of likely N-dealkylation sites (tertiary alicyclic amines) is 1. The Balaban J connectivity index is 1.80. The SMILES string of the molecule is C=CCO[C@H]1CN(C(=O)c2cccc(C#N)c2)[C@@H]2COC[C@H]12. The van der Waals surface area contributed by atoms with E-state index in [2.05, 4.69) is 12.6 Å². The molecular weight excluding hydrogens is 280 g/mol. The van der Waals surface area contributed by atoms with Crippen molar-refractivity contribution in [2.75, 3.05) is 26.4 Å². The van der Waals surface area contributed by atoms with Gasteiger partial charge in [0.1, 0.15) is 0 Å². The van der Waals surface area contributed by atoms with Crippen molar-refractivity contribution in [3.8, 4) is 6.07 Å². The van der Waals surface area contributed by atoms with E-state index >= 15 is 0 Å². The first kappa shape index (κ1) is 14.8. The number of nitrogens with zero attached hydrogens (tertiary/aromatic N) is 2. The van der Waals surface area contributed by atoms with Crippen molar-refractivity contribution in [1.82, 2.24) is 4.90 Å². The molecule has 0 unspecified atom stereocenters. The van der Waals surface area contributed by atoms with Crippen LogP contribution in [0.25, 0.3) is 0 Å². The highest BCUT2D eigenvalue weighted by Crippen LogP contribution is 2.33. The van der Waals surface area contributed by atoms with Crippen molar-refractivity contribution < 1.29 is 14.3 Å². The molecule has 5 heteroatoms. The number of rotatable bonds is 4. The molecule has 0 radical (unpaired) electrons. The maximum atomic E-state index is 12.8. The van der Waals surface area contributed by atoms with Crippen molar-refractivity contribution in [2.45, 2.75) is 12.1 Å². The lowest BCUT2D eigenvalue weighted by atomic mass is 10.0. The van der Waals surface area contributed by atoms with Crippen LogP contribution in [0.2, 0.25) is 0 Å². The Morgan fingerprint density at radius 2 is 2.41 bits per heavy atom. The summed E-state index contributed by atoms with van der Waals surface area (Å²) < 4.78 is 11.3. The fourth-order valence-corrected chi connectivity index (χ4v) is 3.19. The summed E-state index contributed by atoms with van der Waals surface area (Å²) in [5, 5.41) is 8.97. The Hall–Kier alpha value is -2.16. The molecule has 2 fully saturated rings. The molecule has 0 spiro atoms. The molecular formula is C17H18N2O3. The van der Waals surface area contributed by atoms with Gasteiger partial charge in [0.25, 0.3) is 5.91 Å². The van der Waals surface area contributed by atoms with Crippen LogP contribution in [0.1, 0.15) is 15.9 Å². The van der Waals surface area contributed by atoms with Crippen LogP contribution < -0.4 is 0 Å². The number of amides is 1. The first-order chi connectivity index (χ1) is 10.7. The van der Waals surface area contributed by atoms with E-state index in [1.807, 2.05) is 4.90 Å². The third kappa shape index (κ3) is 2.63. The van der Waals surface area contributed by atoms with E-state index < -0.39 is 0 Å². The lowest BCUT2D eigenvalue weighted by Crippen LogP contribution is -2.38. The van der Waals surface area contributed by atoms with Gasteiger partial charge in [0.2, 0.25) is 0 Å². The van der Waals surface area contributed by atoms with Crippen LogP contribution in [0.5, 0.6) is 0 Å². The van der Waals surface area contributed by atoms with Crippen LogP contribution in [-0.4, -0.2) is 49.3 Å². The summed E-state index contributed by atoms with van der Waals surface area (Å²) in [7, 11) is 0. The van der Waals surface area contributed by atoms with Gasteiger partial charge in [-0.2, -0.15) is 5.26 Å². The highest BCUT2D eigenvalue weighted by molar-refractivity contribution is 5.95. The van der Waals surface area contributed by atoms with E-state index in [-0.39, 0.29) is 24.0 Å². The van der Waals surface area contributed by atoms with Gasteiger partial charge in [-0.25, -0.2) is 0 Å². The third-order valence-corrected chi connectivity index (χ3v) is 4.28. The summed E-state index contributed by atoms with van der Waals surface area (Å²) in [6, 6.07) is 8.91. The molecule has 3 atom stereocenters. The van der Waals surface area contributed by atoms with Crippen LogP contribution in [0.4, 0.5) is 0 Å². The Labute approximate surface area is 129 Å². The molecule has 0 saturated carbocycles. The molecule has 2 aliphatic heterocycles. The summed E-state index contributed by atoms with van der Waals surface area (Å²) in [4.78, 5) is 14.6. The van der Waals surface area contributed by atoms with Crippen molar-refractivity contribution >= 4 is 5.91 Å². The van der Waals surface area contributed by atoms with Crippen LogP contribution in [-0.2, 0) is 9.47 Å². The minimum absolute atomic E-state index is 0.0198. The molecule has 2 aliphatic rings. The number of hydrogen-bond donors (Lipinski definition) is 0. The highest BCUT2D eigenvalue weighted by atomic mass is 16.5. The maximum Gasteiger partial charge on any atom is 0.254 e. The Bertz CT molecular complexity index is 623. The van der Waals surface area contributed by atoms with Gasteiger partial charge in [-0.05, 0) is 18.2 Å². The topological polar surface area (TPSA) is 62.6 Å². The smallest absolute Gasteiger partial charge is 0.254 e. The summed E-state index contributed by atoms with van der Waals surface area (Å²) in [6.07, 6.45) is 1.69. The fourth-order valence-electron chi connectivity index (χ4n) is 3.19. The van der Waals surface area contributed by atoms with Gasteiger partial charge < -0.3 is 14.4 Å². The molecule has 1 amide bonds. The summed E-state index contributed by atoms with van der Waals surface area (Å²) in [5.74, 6) is 0.144. The molecule has 2 heterocycles. The fraction of sp³-hybridized carbons (Fsp3) is 0.412. The van der Waals surface area contributed by atoms with Crippen LogP contribution in [0.15, 0.2) is 36.9 Å². The largest absolute Gasteiger partial charge is 0.379 e. The number of hydrogen-bond acceptors (Lipinski definition) is 4. The molecule has 0 aliphatic carbocycles. The number of ether oxygens (including phenoxy) is 2. The van der Waals surface area contributed by atoms with Crippen LogP contribution in [0, 0.1) is 17.2 Å². The Morgan fingerprint density at radius 1 is 1.55 bits per heavy atom. The second-order valence-electron chi connectivity index (χ2n) is 5.58. The minimum atomic E-state index is -0.0673. The van der Waals surface area contributed by atoms with Crippen LogP contribution in [0.3, 0.4) is 0 Å². The quantitative estimate of drug-likeness (QED) is 0.792. The Kier molecular flexibility index (Phi) is 4.23. The van der Waals surface area contributed by atoms with Crippen molar-refractivity contribution in [2.24, 2.45) is 5.92 Å². The van der Waals surface area contributed by atoms with Crippen molar-refractivity contribution in [1.29, 1.82) is 5.26 Å². The number of carbonyl (C=O) groups excluding carboxylic acids is 1. The maximum absolute atomic E-state index is 12.8. The first-order valence-corrected chi connectivity index (χ1v) is 7.36. The summed E-state index contributed by atoms with van der Waals surface area (Å²) >= 11 is 0. The molecule has 0 bridgehead atoms. The van der Waals surface area contributed by atoms with E-state index in [0.29, 0.717) is 37.5 Å². The summed E-state index contributed by atoms with van der Waals surface area (Å²) in [5.41, 5.74) is 1.03. The van der Waals surface area contributed by atoms with Crippen LogP contribution >= 0.6 is 0 Å². The molecule has 114 valence electrons. The predicted molar refractivity (Wildman–Crippen MR) is 80.2 cm³/mol. The van der Waals surface area contributed by atoms with Gasteiger partial charge >= 0.3 is 0 Å². The lowest BCUT2D eigenvalue weighted by Gasteiger charge is -2.22. The lowest BCUT2D eigenvalue weighted by molar-refractivity contribution is 0.0330. The molecule has 1 aromatic carbocycles. The third-order valence-electron chi connectivity index (χ3n) is 4.28. The van der Waals surface area contributed by atoms with E-state index in [9.17, 15) is 4.79 Å². The second kappa shape index (κ2) is 6.30. The van der Waals surface area contributed by atoms with E-state index in [1.165, 1.54) is 0 Å². The van der Waals surface area contributed by atoms with Gasteiger partial charge in [-0.3, -0.25) is 4.79 Å². The molecule has 5 nitrogen and oxygen atoms in total. The summed E-state index contributed by atoms with van der Waals surface area (Å²) in [6.45, 7) is 5.85. The van der Waals surface area contributed by atoms with Gasteiger partial charge in [0.05, 0.1) is 43.6 Å². The van der Waals surface area contributed by atoms with E-state index in [1.54, 1.807) is 30.3 Å².